The van der Waals surface area contributed by atoms with Crippen molar-refractivity contribution in [1.82, 2.24) is 0 Å². The summed E-state index contributed by atoms with van der Waals surface area (Å²) in [6.45, 7) is 1.99. The molecule has 0 heterocycles. The van der Waals surface area contributed by atoms with Crippen LogP contribution in [0.4, 0.5) is 5.69 Å². The van der Waals surface area contributed by atoms with Crippen LogP contribution in [0.3, 0.4) is 0 Å². The number of para-hydroxylation sites is 3. The van der Waals surface area contributed by atoms with Crippen molar-refractivity contribution in [3.63, 3.8) is 0 Å². The van der Waals surface area contributed by atoms with Gasteiger partial charge in [-0.2, -0.15) is 0 Å². The number of carbonyl (C=O) groups is 1. The first-order chi connectivity index (χ1) is 11.2. The molecule has 0 aliphatic carbocycles. The number of anilines is 1. The van der Waals surface area contributed by atoms with E-state index in [0.717, 1.165) is 11.3 Å². The van der Waals surface area contributed by atoms with E-state index in [2.05, 4.69) is 5.32 Å². The molecule has 3 nitrogen and oxygen atoms in total. The summed E-state index contributed by atoms with van der Waals surface area (Å²) in [5.74, 6) is 1.23. The number of hydrogen-bond acceptors (Lipinski definition) is 2. The number of carbonyl (C=O) groups excluding carboxylic acids is 1. The third-order valence-electron chi connectivity index (χ3n) is 3.48. The zero-order valence-electron chi connectivity index (χ0n) is 12.8. The maximum atomic E-state index is 12.3. The van der Waals surface area contributed by atoms with Gasteiger partial charge in [0.2, 0.25) is 0 Å². The van der Waals surface area contributed by atoms with E-state index in [0.29, 0.717) is 17.0 Å². The minimum atomic E-state index is -0.161. The van der Waals surface area contributed by atoms with E-state index >= 15 is 0 Å². The SMILES string of the molecule is Cc1ccccc1Oc1ccccc1NC(=O)c1ccccc1. The van der Waals surface area contributed by atoms with Gasteiger partial charge in [0.15, 0.2) is 5.75 Å². The van der Waals surface area contributed by atoms with Gasteiger partial charge in [-0.1, -0.05) is 48.5 Å². The molecule has 3 heteroatoms. The fourth-order valence-electron chi connectivity index (χ4n) is 2.23. The molecular weight excluding hydrogens is 286 g/mol. The Morgan fingerprint density at radius 1 is 0.783 bits per heavy atom. The van der Waals surface area contributed by atoms with Gasteiger partial charge in [-0.15, -0.1) is 0 Å². The third-order valence-corrected chi connectivity index (χ3v) is 3.48. The maximum Gasteiger partial charge on any atom is 0.255 e. The smallest absolute Gasteiger partial charge is 0.255 e. The van der Waals surface area contributed by atoms with Crippen LogP contribution in [0.2, 0.25) is 0 Å². The summed E-state index contributed by atoms with van der Waals surface area (Å²) in [5, 5.41) is 2.90. The minimum absolute atomic E-state index is 0.161. The molecule has 0 fully saturated rings. The highest BCUT2D eigenvalue weighted by atomic mass is 16.5. The highest BCUT2D eigenvalue weighted by Gasteiger charge is 2.10. The maximum absolute atomic E-state index is 12.3. The molecule has 0 radical (unpaired) electrons. The summed E-state index contributed by atoms with van der Waals surface area (Å²) < 4.78 is 5.96. The van der Waals surface area contributed by atoms with Gasteiger partial charge in [-0.3, -0.25) is 4.79 Å². The molecule has 114 valence electrons. The summed E-state index contributed by atoms with van der Waals surface area (Å²) >= 11 is 0. The lowest BCUT2D eigenvalue weighted by atomic mass is 10.2. The van der Waals surface area contributed by atoms with Crippen molar-refractivity contribution in [3.05, 3.63) is 90.0 Å². The minimum Gasteiger partial charge on any atom is -0.455 e. The van der Waals surface area contributed by atoms with E-state index in [9.17, 15) is 4.79 Å². The molecule has 3 aromatic carbocycles. The van der Waals surface area contributed by atoms with Crippen LogP contribution in [0.25, 0.3) is 0 Å². The second kappa shape index (κ2) is 6.79. The van der Waals surface area contributed by atoms with Crippen molar-refractivity contribution in [2.75, 3.05) is 5.32 Å². The van der Waals surface area contributed by atoms with Gasteiger partial charge in [0, 0.05) is 5.56 Å². The lowest BCUT2D eigenvalue weighted by molar-refractivity contribution is 0.102. The Labute approximate surface area is 135 Å². The first-order valence-corrected chi connectivity index (χ1v) is 7.43. The Morgan fingerprint density at radius 2 is 1.39 bits per heavy atom. The van der Waals surface area contributed by atoms with E-state index in [-0.39, 0.29) is 5.91 Å². The lowest BCUT2D eigenvalue weighted by Crippen LogP contribution is -2.12. The zero-order valence-corrected chi connectivity index (χ0v) is 12.8. The first-order valence-electron chi connectivity index (χ1n) is 7.43. The average molecular weight is 303 g/mol. The van der Waals surface area contributed by atoms with Crippen molar-refractivity contribution < 1.29 is 9.53 Å². The van der Waals surface area contributed by atoms with Gasteiger partial charge in [0.25, 0.3) is 5.91 Å². The van der Waals surface area contributed by atoms with Crippen molar-refractivity contribution in [3.8, 4) is 11.5 Å². The number of hydrogen-bond donors (Lipinski definition) is 1. The van der Waals surface area contributed by atoms with Gasteiger partial charge in [-0.25, -0.2) is 0 Å². The Morgan fingerprint density at radius 3 is 2.13 bits per heavy atom. The molecule has 3 aromatic rings. The predicted octanol–water partition coefficient (Wildman–Crippen LogP) is 5.04. The summed E-state index contributed by atoms with van der Waals surface area (Å²) in [7, 11) is 0. The number of amides is 1. The monoisotopic (exact) mass is 303 g/mol. The Balaban J connectivity index is 1.84. The molecule has 0 atom stereocenters. The first kappa shape index (κ1) is 14.9. The Kier molecular flexibility index (Phi) is 4.39. The molecule has 0 spiro atoms. The largest absolute Gasteiger partial charge is 0.455 e. The number of rotatable bonds is 4. The van der Waals surface area contributed by atoms with Crippen molar-refractivity contribution in [1.29, 1.82) is 0 Å². The predicted molar refractivity (Wildman–Crippen MR) is 92.1 cm³/mol. The van der Waals surface area contributed by atoms with Crippen molar-refractivity contribution >= 4 is 11.6 Å². The molecule has 0 saturated heterocycles. The molecule has 3 rings (SSSR count). The van der Waals surface area contributed by atoms with Crippen LogP contribution in [0.5, 0.6) is 11.5 Å². The Bertz CT molecular complexity index is 813. The molecule has 0 bridgehead atoms. The van der Waals surface area contributed by atoms with Crippen LogP contribution in [-0.2, 0) is 0 Å². The van der Waals surface area contributed by atoms with Crippen LogP contribution in [0.1, 0.15) is 15.9 Å². The second-order valence-corrected chi connectivity index (χ2v) is 5.18. The van der Waals surface area contributed by atoms with Crippen LogP contribution < -0.4 is 10.1 Å². The molecule has 0 aliphatic rings. The topological polar surface area (TPSA) is 38.3 Å². The third kappa shape index (κ3) is 3.58. The average Bonchev–Trinajstić information content (AvgIpc) is 2.59. The Hall–Kier alpha value is -3.07. The highest BCUT2D eigenvalue weighted by Crippen LogP contribution is 2.31. The van der Waals surface area contributed by atoms with Gasteiger partial charge >= 0.3 is 0 Å². The highest BCUT2D eigenvalue weighted by molar-refractivity contribution is 6.05. The van der Waals surface area contributed by atoms with Crippen molar-refractivity contribution in [2.24, 2.45) is 0 Å². The standard InChI is InChI=1S/C20H17NO2/c1-15-9-5-7-13-18(15)23-19-14-8-6-12-17(19)21-20(22)16-10-3-2-4-11-16/h2-14H,1H3,(H,21,22). The van der Waals surface area contributed by atoms with E-state index in [1.54, 1.807) is 12.1 Å². The molecule has 0 unspecified atom stereocenters. The fourth-order valence-corrected chi connectivity index (χ4v) is 2.23. The zero-order chi connectivity index (χ0) is 16.1. The summed E-state index contributed by atoms with van der Waals surface area (Å²) in [5.41, 5.74) is 2.29. The van der Waals surface area contributed by atoms with Gasteiger partial charge in [-0.05, 0) is 42.8 Å². The van der Waals surface area contributed by atoms with E-state index < -0.39 is 0 Å². The van der Waals surface area contributed by atoms with Crippen LogP contribution >= 0.6 is 0 Å². The number of aryl methyl sites for hydroxylation is 1. The van der Waals surface area contributed by atoms with Crippen LogP contribution in [-0.4, -0.2) is 5.91 Å². The normalized spacial score (nSPS) is 10.1. The molecule has 0 aliphatic heterocycles. The summed E-state index contributed by atoms with van der Waals surface area (Å²) in [4.78, 5) is 12.3. The quantitative estimate of drug-likeness (QED) is 0.733. The van der Waals surface area contributed by atoms with Crippen LogP contribution in [0.15, 0.2) is 78.9 Å². The number of nitrogens with one attached hydrogen (secondary N) is 1. The second-order valence-electron chi connectivity index (χ2n) is 5.18. The van der Waals surface area contributed by atoms with E-state index in [1.807, 2.05) is 73.7 Å². The lowest BCUT2D eigenvalue weighted by Gasteiger charge is -2.13. The van der Waals surface area contributed by atoms with Gasteiger partial charge in [0.1, 0.15) is 5.75 Å². The molecule has 0 aromatic heterocycles. The summed E-state index contributed by atoms with van der Waals surface area (Å²) in [6, 6.07) is 24.3. The molecule has 1 amide bonds. The van der Waals surface area contributed by atoms with E-state index in [4.69, 9.17) is 4.74 Å². The number of ether oxygens (including phenoxy) is 1. The summed E-state index contributed by atoms with van der Waals surface area (Å²) in [6.07, 6.45) is 0. The van der Waals surface area contributed by atoms with Crippen molar-refractivity contribution in [2.45, 2.75) is 6.92 Å². The fraction of sp³-hybridized carbons (Fsp3) is 0.0500. The molecule has 23 heavy (non-hydrogen) atoms. The van der Waals surface area contributed by atoms with Crippen LogP contribution in [0, 0.1) is 6.92 Å². The molecule has 0 saturated carbocycles. The number of benzene rings is 3. The van der Waals surface area contributed by atoms with Gasteiger partial charge < -0.3 is 10.1 Å². The van der Waals surface area contributed by atoms with Gasteiger partial charge in [0.05, 0.1) is 5.69 Å². The molecule has 1 N–H and O–H groups in total. The van der Waals surface area contributed by atoms with E-state index in [1.165, 1.54) is 0 Å². The molecular formula is C20H17NO2.